The van der Waals surface area contributed by atoms with Gasteiger partial charge in [-0.25, -0.2) is 4.98 Å². The quantitative estimate of drug-likeness (QED) is 0.372. The zero-order valence-corrected chi connectivity index (χ0v) is 19.0. The standard InChI is InChI=1S/C23H24N4OS2/c1-16-5-7-19(8-6-16)29-15-21(28)27(12-11-26-10-4-9-24-26)23-25-22-18(3)13-17(2)14-20(22)30-23/h4-10,13-14H,11-12,15H2,1-3H3. The number of anilines is 1. The highest BCUT2D eigenvalue weighted by atomic mass is 32.2. The Balaban J connectivity index is 1.57. The minimum Gasteiger partial charge on any atom is -0.285 e. The average Bonchev–Trinajstić information content (AvgIpc) is 3.38. The molecule has 0 N–H and O–H groups in total. The van der Waals surface area contributed by atoms with Gasteiger partial charge < -0.3 is 0 Å². The van der Waals surface area contributed by atoms with Crippen LogP contribution in [0, 0.1) is 20.8 Å². The predicted molar refractivity (Wildman–Crippen MR) is 126 cm³/mol. The molecule has 0 aliphatic rings. The van der Waals surface area contributed by atoms with Gasteiger partial charge in [0, 0.05) is 23.8 Å². The molecule has 1 amide bonds. The van der Waals surface area contributed by atoms with Crippen LogP contribution in [0.15, 0.2) is 59.8 Å². The molecule has 0 bridgehead atoms. The highest BCUT2D eigenvalue weighted by molar-refractivity contribution is 8.00. The van der Waals surface area contributed by atoms with E-state index in [1.807, 2.05) is 21.8 Å². The molecular formula is C23H24N4OS2. The van der Waals surface area contributed by atoms with E-state index < -0.39 is 0 Å². The lowest BCUT2D eigenvalue weighted by Crippen LogP contribution is -2.35. The first-order valence-corrected chi connectivity index (χ1v) is 11.6. The Morgan fingerprint density at radius 3 is 2.67 bits per heavy atom. The third-order valence-electron chi connectivity index (χ3n) is 4.85. The summed E-state index contributed by atoms with van der Waals surface area (Å²) in [6.45, 7) is 7.38. The van der Waals surface area contributed by atoms with Crippen LogP contribution >= 0.6 is 23.1 Å². The van der Waals surface area contributed by atoms with E-state index in [1.165, 1.54) is 11.1 Å². The van der Waals surface area contributed by atoms with E-state index in [-0.39, 0.29) is 5.91 Å². The van der Waals surface area contributed by atoms with Crippen LogP contribution in [0.5, 0.6) is 0 Å². The summed E-state index contributed by atoms with van der Waals surface area (Å²) >= 11 is 3.14. The summed E-state index contributed by atoms with van der Waals surface area (Å²) < 4.78 is 2.96. The van der Waals surface area contributed by atoms with E-state index in [9.17, 15) is 4.79 Å². The number of amides is 1. The third-order valence-corrected chi connectivity index (χ3v) is 6.87. The lowest BCUT2D eigenvalue weighted by molar-refractivity contribution is -0.116. The fourth-order valence-corrected chi connectivity index (χ4v) is 5.25. The number of hydrogen-bond donors (Lipinski definition) is 0. The fraction of sp³-hybridized carbons (Fsp3) is 0.261. The first-order valence-electron chi connectivity index (χ1n) is 9.84. The highest BCUT2D eigenvalue weighted by Gasteiger charge is 2.21. The van der Waals surface area contributed by atoms with Crippen LogP contribution in [0.1, 0.15) is 16.7 Å². The average molecular weight is 437 g/mol. The second kappa shape index (κ2) is 9.02. The van der Waals surface area contributed by atoms with Gasteiger partial charge in [0.1, 0.15) is 0 Å². The zero-order valence-electron chi connectivity index (χ0n) is 17.3. The number of rotatable bonds is 7. The maximum atomic E-state index is 13.2. The van der Waals surface area contributed by atoms with Gasteiger partial charge in [-0.15, -0.1) is 11.8 Å². The Kier molecular flexibility index (Phi) is 6.20. The van der Waals surface area contributed by atoms with Crippen molar-refractivity contribution in [3.63, 3.8) is 0 Å². The van der Waals surface area contributed by atoms with Crippen molar-refractivity contribution >= 4 is 44.4 Å². The van der Waals surface area contributed by atoms with E-state index in [0.717, 1.165) is 25.8 Å². The molecule has 5 nitrogen and oxygen atoms in total. The molecule has 2 aromatic heterocycles. The summed E-state index contributed by atoms with van der Waals surface area (Å²) in [4.78, 5) is 20.9. The molecule has 0 spiro atoms. The third kappa shape index (κ3) is 4.74. The summed E-state index contributed by atoms with van der Waals surface area (Å²) in [7, 11) is 0. The molecule has 4 rings (SSSR count). The molecule has 2 heterocycles. The van der Waals surface area contributed by atoms with Gasteiger partial charge in [0.2, 0.25) is 5.91 Å². The van der Waals surface area contributed by atoms with Crippen LogP contribution in [0.3, 0.4) is 0 Å². The molecule has 154 valence electrons. The minimum absolute atomic E-state index is 0.0566. The maximum absolute atomic E-state index is 13.2. The normalized spacial score (nSPS) is 11.2. The Bertz CT molecular complexity index is 1150. The van der Waals surface area contributed by atoms with Gasteiger partial charge in [0.25, 0.3) is 0 Å². The van der Waals surface area contributed by atoms with Gasteiger partial charge in [0.05, 0.1) is 22.5 Å². The smallest absolute Gasteiger partial charge is 0.239 e. The Labute approximate surface area is 184 Å². The summed E-state index contributed by atoms with van der Waals surface area (Å²) in [5.74, 6) is 0.428. The topological polar surface area (TPSA) is 51.0 Å². The molecule has 0 aliphatic carbocycles. The van der Waals surface area contributed by atoms with Gasteiger partial charge in [-0.2, -0.15) is 5.10 Å². The van der Waals surface area contributed by atoms with Crippen molar-refractivity contribution in [1.29, 1.82) is 0 Å². The minimum atomic E-state index is 0.0566. The second-order valence-electron chi connectivity index (χ2n) is 7.34. The van der Waals surface area contributed by atoms with Crippen molar-refractivity contribution in [3.8, 4) is 0 Å². The molecule has 0 radical (unpaired) electrons. The number of fused-ring (bicyclic) bond motifs is 1. The summed E-state index contributed by atoms with van der Waals surface area (Å²) in [6, 6.07) is 14.4. The lowest BCUT2D eigenvalue weighted by atomic mass is 10.1. The molecule has 2 aromatic carbocycles. The van der Waals surface area contributed by atoms with Crippen LogP contribution in [0.4, 0.5) is 5.13 Å². The second-order valence-corrected chi connectivity index (χ2v) is 9.40. The molecule has 0 unspecified atom stereocenters. The summed E-state index contributed by atoms with van der Waals surface area (Å²) in [6.07, 6.45) is 3.67. The number of aryl methyl sites for hydroxylation is 3. The molecule has 0 atom stereocenters. The van der Waals surface area contributed by atoms with E-state index in [1.54, 1.807) is 29.3 Å². The van der Waals surface area contributed by atoms with Crippen molar-refractivity contribution in [1.82, 2.24) is 14.8 Å². The Morgan fingerprint density at radius 1 is 1.13 bits per heavy atom. The van der Waals surface area contributed by atoms with E-state index >= 15 is 0 Å². The Hall–Kier alpha value is -2.64. The number of aromatic nitrogens is 3. The molecule has 0 saturated heterocycles. The van der Waals surface area contributed by atoms with Crippen molar-refractivity contribution in [2.45, 2.75) is 32.2 Å². The van der Waals surface area contributed by atoms with E-state index in [0.29, 0.717) is 18.8 Å². The SMILES string of the molecule is Cc1ccc(SCC(=O)N(CCn2cccn2)c2nc3c(C)cc(C)cc3s2)cc1. The monoisotopic (exact) mass is 436 g/mol. The number of hydrogen-bond acceptors (Lipinski definition) is 5. The number of benzene rings is 2. The summed E-state index contributed by atoms with van der Waals surface area (Å²) in [5.41, 5.74) is 4.54. The fourth-order valence-electron chi connectivity index (χ4n) is 3.29. The van der Waals surface area contributed by atoms with Gasteiger partial charge in [-0.3, -0.25) is 14.4 Å². The van der Waals surface area contributed by atoms with Crippen LogP contribution < -0.4 is 4.90 Å². The van der Waals surface area contributed by atoms with Crippen molar-refractivity contribution in [3.05, 3.63) is 71.5 Å². The van der Waals surface area contributed by atoms with Crippen LogP contribution in [-0.4, -0.2) is 33.0 Å². The van der Waals surface area contributed by atoms with Gasteiger partial charge in [-0.1, -0.05) is 35.1 Å². The molecule has 30 heavy (non-hydrogen) atoms. The maximum Gasteiger partial charge on any atom is 0.239 e. The van der Waals surface area contributed by atoms with E-state index in [4.69, 9.17) is 4.98 Å². The van der Waals surface area contributed by atoms with Crippen LogP contribution in [0.25, 0.3) is 10.2 Å². The molecular weight excluding hydrogens is 412 g/mol. The molecule has 7 heteroatoms. The Morgan fingerprint density at radius 2 is 1.93 bits per heavy atom. The summed E-state index contributed by atoms with van der Waals surface area (Å²) in [5, 5.41) is 5.02. The lowest BCUT2D eigenvalue weighted by Gasteiger charge is -2.19. The predicted octanol–water partition coefficient (Wildman–Crippen LogP) is 5.24. The van der Waals surface area contributed by atoms with Crippen LogP contribution in [-0.2, 0) is 11.3 Å². The van der Waals surface area contributed by atoms with Crippen molar-refractivity contribution < 1.29 is 4.79 Å². The molecule has 0 fully saturated rings. The van der Waals surface area contributed by atoms with E-state index in [2.05, 4.69) is 62.3 Å². The first-order chi connectivity index (χ1) is 14.5. The number of thioether (sulfide) groups is 1. The molecule has 0 aliphatic heterocycles. The molecule has 0 saturated carbocycles. The van der Waals surface area contributed by atoms with Gasteiger partial charge >= 0.3 is 0 Å². The number of nitrogens with zero attached hydrogens (tertiary/aromatic N) is 4. The number of thiazole rings is 1. The van der Waals surface area contributed by atoms with Gasteiger partial charge in [0.15, 0.2) is 5.13 Å². The molecule has 4 aromatic rings. The number of carbonyl (C=O) groups excluding carboxylic acids is 1. The largest absolute Gasteiger partial charge is 0.285 e. The zero-order chi connectivity index (χ0) is 21.1. The van der Waals surface area contributed by atoms with Crippen molar-refractivity contribution in [2.75, 3.05) is 17.2 Å². The van der Waals surface area contributed by atoms with Crippen molar-refractivity contribution in [2.24, 2.45) is 0 Å². The first kappa shape index (κ1) is 20.6. The highest BCUT2D eigenvalue weighted by Crippen LogP contribution is 2.32. The number of carbonyl (C=O) groups is 1. The van der Waals surface area contributed by atoms with Gasteiger partial charge in [-0.05, 0) is 56.2 Å². The van der Waals surface area contributed by atoms with Crippen LogP contribution in [0.2, 0.25) is 0 Å².